The van der Waals surface area contributed by atoms with Gasteiger partial charge in [-0.2, -0.15) is 0 Å². The second-order valence-corrected chi connectivity index (χ2v) is 13.1. The molecule has 46 heavy (non-hydrogen) atoms. The SMILES string of the molecule is CCCCCCCCCCCCCCOC(=O)CC[C@@H](NC(=O)CCCC(=O)O)C(=O)OCCCCCCCCCCCCCC. The highest BCUT2D eigenvalue weighted by molar-refractivity contribution is 5.85. The number of hydrogen-bond donors (Lipinski definition) is 2. The molecule has 0 rings (SSSR count). The summed E-state index contributed by atoms with van der Waals surface area (Å²) in [6.07, 6.45) is 29.6. The molecule has 0 aromatic carbocycles. The van der Waals surface area contributed by atoms with Crippen molar-refractivity contribution in [1.29, 1.82) is 0 Å². The number of carbonyl (C=O) groups excluding carboxylic acids is 3. The van der Waals surface area contributed by atoms with Crippen molar-refractivity contribution >= 4 is 23.8 Å². The smallest absolute Gasteiger partial charge is 0.328 e. The highest BCUT2D eigenvalue weighted by Crippen LogP contribution is 2.14. The Morgan fingerprint density at radius 3 is 1.30 bits per heavy atom. The minimum Gasteiger partial charge on any atom is -0.481 e. The normalized spacial score (nSPS) is 11.7. The van der Waals surface area contributed by atoms with E-state index in [1.54, 1.807) is 0 Å². The van der Waals surface area contributed by atoms with Crippen molar-refractivity contribution in [2.75, 3.05) is 13.2 Å². The molecule has 0 radical (unpaired) electrons. The number of carboxylic acids is 1. The van der Waals surface area contributed by atoms with E-state index >= 15 is 0 Å². The van der Waals surface area contributed by atoms with Gasteiger partial charge in [0.15, 0.2) is 0 Å². The molecule has 0 saturated heterocycles. The number of aliphatic carboxylic acids is 1. The van der Waals surface area contributed by atoms with E-state index in [-0.39, 0.29) is 44.7 Å². The molecular weight excluding hydrogens is 582 g/mol. The lowest BCUT2D eigenvalue weighted by atomic mass is 10.1. The Morgan fingerprint density at radius 2 is 0.891 bits per heavy atom. The first-order chi connectivity index (χ1) is 22.4. The Balaban J connectivity index is 4.18. The van der Waals surface area contributed by atoms with Crippen molar-refractivity contribution in [2.45, 2.75) is 206 Å². The van der Waals surface area contributed by atoms with Crippen LogP contribution in [0.25, 0.3) is 0 Å². The van der Waals surface area contributed by atoms with Gasteiger partial charge in [0, 0.05) is 19.3 Å². The quantitative estimate of drug-likeness (QED) is 0.0516. The summed E-state index contributed by atoms with van der Waals surface area (Å²) in [5.74, 6) is -2.33. The lowest BCUT2D eigenvalue weighted by Gasteiger charge is -2.17. The predicted octanol–water partition coefficient (Wildman–Crippen LogP) is 9.99. The van der Waals surface area contributed by atoms with Crippen LogP contribution < -0.4 is 5.32 Å². The Labute approximate surface area is 281 Å². The van der Waals surface area contributed by atoms with E-state index in [2.05, 4.69) is 19.2 Å². The van der Waals surface area contributed by atoms with Crippen LogP contribution in [0.15, 0.2) is 0 Å². The number of carboxylic acid groups (broad SMARTS) is 1. The minimum absolute atomic E-state index is 0.00176. The van der Waals surface area contributed by atoms with Crippen LogP contribution in [0.1, 0.15) is 200 Å². The molecule has 270 valence electrons. The number of carbonyl (C=O) groups is 4. The molecule has 0 aliphatic rings. The zero-order chi connectivity index (χ0) is 33.9. The molecule has 8 heteroatoms. The minimum atomic E-state index is -0.970. The number of esters is 2. The van der Waals surface area contributed by atoms with E-state index in [1.165, 1.54) is 116 Å². The van der Waals surface area contributed by atoms with Crippen molar-refractivity contribution < 1.29 is 33.8 Å². The summed E-state index contributed by atoms with van der Waals surface area (Å²) in [7, 11) is 0. The Morgan fingerprint density at radius 1 is 0.500 bits per heavy atom. The van der Waals surface area contributed by atoms with E-state index < -0.39 is 23.9 Å². The van der Waals surface area contributed by atoms with Gasteiger partial charge in [-0.3, -0.25) is 14.4 Å². The fourth-order valence-corrected chi connectivity index (χ4v) is 5.60. The number of unbranched alkanes of at least 4 members (excludes halogenated alkanes) is 22. The highest BCUT2D eigenvalue weighted by Gasteiger charge is 2.23. The van der Waals surface area contributed by atoms with Crippen LogP contribution in [0.2, 0.25) is 0 Å². The summed E-state index contributed by atoms with van der Waals surface area (Å²) in [6, 6.07) is -0.950. The number of hydrogen-bond acceptors (Lipinski definition) is 6. The van der Waals surface area contributed by atoms with Crippen molar-refractivity contribution in [2.24, 2.45) is 0 Å². The van der Waals surface area contributed by atoms with Gasteiger partial charge in [-0.1, -0.05) is 155 Å². The van der Waals surface area contributed by atoms with Gasteiger partial charge < -0.3 is 19.9 Å². The predicted molar refractivity (Wildman–Crippen MR) is 187 cm³/mol. The van der Waals surface area contributed by atoms with Crippen LogP contribution >= 0.6 is 0 Å². The van der Waals surface area contributed by atoms with Crippen molar-refractivity contribution in [3.8, 4) is 0 Å². The van der Waals surface area contributed by atoms with Crippen molar-refractivity contribution in [1.82, 2.24) is 5.32 Å². The maximum atomic E-state index is 12.8. The summed E-state index contributed by atoms with van der Waals surface area (Å²) < 4.78 is 10.8. The number of amides is 1. The molecule has 0 aromatic heterocycles. The van der Waals surface area contributed by atoms with Gasteiger partial charge in [-0.15, -0.1) is 0 Å². The van der Waals surface area contributed by atoms with Crippen molar-refractivity contribution in [3.63, 3.8) is 0 Å². The average molecular weight is 654 g/mol. The van der Waals surface area contributed by atoms with Crippen LogP contribution in [-0.2, 0) is 28.7 Å². The molecular formula is C38H71NO7. The molecule has 0 fully saturated rings. The zero-order valence-electron chi connectivity index (χ0n) is 29.9. The molecule has 2 N–H and O–H groups in total. The largest absolute Gasteiger partial charge is 0.481 e. The number of ether oxygens (including phenoxy) is 2. The third kappa shape index (κ3) is 31.8. The lowest BCUT2D eigenvalue weighted by molar-refractivity contribution is -0.149. The summed E-state index contributed by atoms with van der Waals surface area (Å²) >= 11 is 0. The third-order valence-electron chi connectivity index (χ3n) is 8.55. The maximum absolute atomic E-state index is 12.8. The first-order valence-electron chi connectivity index (χ1n) is 19.2. The van der Waals surface area contributed by atoms with Crippen LogP contribution in [0.5, 0.6) is 0 Å². The molecule has 0 aliphatic carbocycles. The second kappa shape index (κ2) is 34.2. The van der Waals surface area contributed by atoms with E-state index in [0.29, 0.717) is 6.61 Å². The number of nitrogens with one attached hydrogen (secondary N) is 1. The van der Waals surface area contributed by atoms with Crippen LogP contribution in [0.4, 0.5) is 0 Å². The summed E-state index contributed by atoms with van der Waals surface area (Å²) in [4.78, 5) is 48.2. The monoisotopic (exact) mass is 654 g/mol. The fourth-order valence-electron chi connectivity index (χ4n) is 5.60. The van der Waals surface area contributed by atoms with Crippen molar-refractivity contribution in [3.05, 3.63) is 0 Å². The van der Waals surface area contributed by atoms with E-state index in [0.717, 1.165) is 38.5 Å². The standard InChI is InChI=1S/C38H71NO7/c1-3-5-7-9-11-13-15-17-19-21-23-25-32-45-37(43)31-30-34(39-35(40)28-27-29-36(41)42)38(44)46-33-26-24-22-20-18-16-14-12-10-8-6-4-2/h34H,3-33H2,1-2H3,(H,39,40)(H,41,42)/t34-/m1/s1. The summed E-state index contributed by atoms with van der Waals surface area (Å²) in [6.45, 7) is 5.14. The molecule has 0 aromatic rings. The molecule has 8 nitrogen and oxygen atoms in total. The summed E-state index contributed by atoms with van der Waals surface area (Å²) in [5.41, 5.74) is 0. The Kier molecular flexibility index (Phi) is 32.6. The van der Waals surface area contributed by atoms with Crippen LogP contribution in [0.3, 0.4) is 0 Å². The first-order valence-corrected chi connectivity index (χ1v) is 19.2. The Hall–Kier alpha value is -2.12. The van der Waals surface area contributed by atoms with Gasteiger partial charge in [0.25, 0.3) is 0 Å². The lowest BCUT2D eigenvalue weighted by Crippen LogP contribution is -2.42. The molecule has 0 bridgehead atoms. The second-order valence-electron chi connectivity index (χ2n) is 13.1. The van der Waals surface area contributed by atoms with Crippen LogP contribution in [0, 0.1) is 0 Å². The molecule has 1 atom stereocenters. The highest BCUT2D eigenvalue weighted by atomic mass is 16.5. The van der Waals surface area contributed by atoms with E-state index in [1.807, 2.05) is 0 Å². The van der Waals surface area contributed by atoms with Gasteiger partial charge in [-0.05, 0) is 25.7 Å². The topological polar surface area (TPSA) is 119 Å². The van der Waals surface area contributed by atoms with Gasteiger partial charge in [-0.25, -0.2) is 4.79 Å². The van der Waals surface area contributed by atoms with Crippen LogP contribution in [-0.4, -0.2) is 48.2 Å². The molecule has 0 spiro atoms. The molecule has 0 aliphatic heterocycles. The molecule has 0 saturated carbocycles. The maximum Gasteiger partial charge on any atom is 0.328 e. The summed E-state index contributed by atoms with van der Waals surface area (Å²) in [5, 5.41) is 11.5. The molecule has 1 amide bonds. The number of rotatable bonds is 35. The van der Waals surface area contributed by atoms with E-state index in [9.17, 15) is 19.2 Å². The zero-order valence-corrected chi connectivity index (χ0v) is 29.9. The van der Waals surface area contributed by atoms with Gasteiger partial charge >= 0.3 is 17.9 Å². The van der Waals surface area contributed by atoms with Gasteiger partial charge in [0.1, 0.15) is 6.04 Å². The molecule has 0 heterocycles. The first kappa shape index (κ1) is 43.9. The average Bonchev–Trinajstić information content (AvgIpc) is 3.03. The van der Waals surface area contributed by atoms with Gasteiger partial charge in [0.05, 0.1) is 13.2 Å². The van der Waals surface area contributed by atoms with E-state index in [4.69, 9.17) is 14.6 Å². The fraction of sp³-hybridized carbons (Fsp3) is 0.895. The van der Waals surface area contributed by atoms with Gasteiger partial charge in [0.2, 0.25) is 5.91 Å². The third-order valence-corrected chi connectivity index (χ3v) is 8.55. The molecule has 0 unspecified atom stereocenters. The Bertz CT molecular complexity index is 743.